The molecule has 0 radical (unpaired) electrons. The van der Waals surface area contributed by atoms with Crippen LogP contribution in [0.3, 0.4) is 0 Å². The summed E-state index contributed by atoms with van der Waals surface area (Å²) in [5.41, 5.74) is 1.94. The predicted molar refractivity (Wildman–Crippen MR) is 97.1 cm³/mol. The van der Waals surface area contributed by atoms with Gasteiger partial charge >= 0.3 is 0 Å². The molecule has 2 heterocycles. The van der Waals surface area contributed by atoms with Gasteiger partial charge in [-0.05, 0) is 44.4 Å². The van der Waals surface area contributed by atoms with Crippen molar-refractivity contribution in [2.24, 2.45) is 0 Å². The molecule has 3 rings (SSSR count). The number of amides is 1. The maximum absolute atomic E-state index is 12.2. The number of carbonyl (C=O) groups is 1. The number of rotatable bonds is 5. The largest absolute Gasteiger partial charge is 0.346 e. The number of nitro groups is 1. The van der Waals surface area contributed by atoms with E-state index in [4.69, 9.17) is 0 Å². The molecule has 0 bridgehead atoms. The van der Waals surface area contributed by atoms with Gasteiger partial charge in [0.05, 0.1) is 17.2 Å². The number of anilines is 1. The molecule has 1 aliphatic rings. The Bertz CT molecular complexity index is 801. The van der Waals surface area contributed by atoms with Gasteiger partial charge in [-0.1, -0.05) is 0 Å². The average molecular weight is 355 g/mol. The van der Waals surface area contributed by atoms with E-state index in [1.807, 2.05) is 13.0 Å². The second-order valence-electron chi connectivity index (χ2n) is 6.34. The van der Waals surface area contributed by atoms with E-state index in [9.17, 15) is 14.9 Å². The Hall–Kier alpha value is -3.03. The Morgan fingerprint density at radius 2 is 1.88 bits per heavy atom. The summed E-state index contributed by atoms with van der Waals surface area (Å²) in [6, 6.07) is 7.37. The molecule has 0 atom stereocenters. The van der Waals surface area contributed by atoms with E-state index >= 15 is 0 Å². The molecule has 1 aromatic heterocycles. The zero-order chi connectivity index (χ0) is 18.5. The van der Waals surface area contributed by atoms with E-state index < -0.39 is 4.92 Å². The predicted octanol–water partition coefficient (Wildman–Crippen LogP) is 2.61. The Morgan fingerprint density at radius 1 is 1.19 bits per heavy atom. The smallest absolute Gasteiger partial charge is 0.269 e. The molecule has 26 heavy (non-hydrogen) atoms. The number of non-ortho nitro benzene ring substituents is 1. The monoisotopic (exact) mass is 355 g/mol. The lowest BCUT2D eigenvalue weighted by atomic mass is 10.1. The Kier molecular flexibility index (Phi) is 5.40. The molecule has 8 heteroatoms. The molecule has 1 fully saturated rings. The van der Waals surface area contributed by atoms with Gasteiger partial charge in [0.25, 0.3) is 11.6 Å². The maximum atomic E-state index is 12.2. The van der Waals surface area contributed by atoms with Crippen LogP contribution < -0.4 is 10.2 Å². The van der Waals surface area contributed by atoms with Gasteiger partial charge in [0, 0.05) is 36.5 Å². The molecule has 1 N–H and O–H groups in total. The summed E-state index contributed by atoms with van der Waals surface area (Å²) in [6.45, 7) is 4.10. The van der Waals surface area contributed by atoms with Crippen molar-refractivity contribution < 1.29 is 9.72 Å². The van der Waals surface area contributed by atoms with Gasteiger partial charge in [0.15, 0.2) is 0 Å². The van der Waals surface area contributed by atoms with Crippen molar-refractivity contribution in [1.29, 1.82) is 0 Å². The molecule has 1 saturated heterocycles. The van der Waals surface area contributed by atoms with Crippen LogP contribution in [-0.2, 0) is 6.54 Å². The third-order valence-electron chi connectivity index (χ3n) is 4.30. The summed E-state index contributed by atoms with van der Waals surface area (Å²) in [4.78, 5) is 33.7. The van der Waals surface area contributed by atoms with E-state index in [0.717, 1.165) is 37.3 Å². The quantitative estimate of drug-likeness (QED) is 0.653. The summed E-state index contributed by atoms with van der Waals surface area (Å²) < 4.78 is 0. The highest BCUT2D eigenvalue weighted by Crippen LogP contribution is 2.17. The number of nitrogens with one attached hydrogen (secondary N) is 1. The molecule has 1 amide bonds. The number of carbonyl (C=O) groups excluding carboxylic acids is 1. The van der Waals surface area contributed by atoms with Crippen molar-refractivity contribution in [3.05, 3.63) is 57.4 Å². The Morgan fingerprint density at radius 3 is 2.54 bits per heavy atom. The number of aryl methyl sites for hydroxylation is 1. The second kappa shape index (κ2) is 7.90. The molecule has 0 unspecified atom stereocenters. The van der Waals surface area contributed by atoms with Crippen molar-refractivity contribution in [3.8, 4) is 0 Å². The molecule has 0 aliphatic carbocycles. The van der Waals surface area contributed by atoms with Crippen molar-refractivity contribution in [3.63, 3.8) is 0 Å². The highest BCUT2D eigenvalue weighted by molar-refractivity contribution is 5.94. The third kappa shape index (κ3) is 4.33. The summed E-state index contributed by atoms with van der Waals surface area (Å²) in [6.07, 6.45) is 3.52. The van der Waals surface area contributed by atoms with E-state index in [1.165, 1.54) is 30.7 Å². The molecule has 0 spiro atoms. The topological polar surface area (TPSA) is 101 Å². The molecular weight excluding hydrogens is 334 g/mol. The number of aromatic nitrogens is 2. The summed E-state index contributed by atoms with van der Waals surface area (Å²) in [5, 5.41) is 13.5. The van der Waals surface area contributed by atoms with Crippen LogP contribution in [0.4, 0.5) is 11.6 Å². The number of benzene rings is 1. The standard InChI is InChI=1S/C18H21N5O3/c1-13-11-15(21-18(20-13)22-9-3-2-4-10-22)12-19-17(24)14-5-7-16(8-6-14)23(25)26/h5-8,11H,2-4,9-10,12H2,1H3,(H,19,24). The van der Waals surface area contributed by atoms with Crippen molar-refractivity contribution in [2.75, 3.05) is 18.0 Å². The minimum atomic E-state index is -0.493. The molecule has 2 aromatic rings. The van der Waals surface area contributed by atoms with Crippen LogP contribution in [0.1, 0.15) is 41.0 Å². The van der Waals surface area contributed by atoms with Gasteiger partial charge in [-0.3, -0.25) is 14.9 Å². The van der Waals surface area contributed by atoms with E-state index in [0.29, 0.717) is 11.5 Å². The highest BCUT2D eigenvalue weighted by atomic mass is 16.6. The van der Waals surface area contributed by atoms with Gasteiger partial charge in [0.1, 0.15) is 0 Å². The van der Waals surface area contributed by atoms with Gasteiger partial charge in [-0.2, -0.15) is 0 Å². The Labute approximate surface area is 151 Å². The fraction of sp³-hybridized carbons (Fsp3) is 0.389. The number of hydrogen-bond acceptors (Lipinski definition) is 6. The number of nitro benzene ring substituents is 1. The van der Waals surface area contributed by atoms with Crippen LogP contribution in [0, 0.1) is 17.0 Å². The van der Waals surface area contributed by atoms with E-state index in [1.54, 1.807) is 0 Å². The minimum absolute atomic E-state index is 0.0425. The first-order valence-electron chi connectivity index (χ1n) is 8.65. The zero-order valence-electron chi connectivity index (χ0n) is 14.6. The molecule has 8 nitrogen and oxygen atoms in total. The van der Waals surface area contributed by atoms with E-state index in [2.05, 4.69) is 20.2 Å². The molecule has 0 saturated carbocycles. The lowest BCUT2D eigenvalue weighted by Gasteiger charge is -2.27. The molecule has 1 aliphatic heterocycles. The first kappa shape index (κ1) is 17.8. The number of nitrogens with zero attached hydrogens (tertiary/aromatic N) is 4. The van der Waals surface area contributed by atoms with Gasteiger partial charge in [-0.15, -0.1) is 0 Å². The molecule has 1 aromatic carbocycles. The maximum Gasteiger partial charge on any atom is 0.269 e. The molecule has 136 valence electrons. The van der Waals surface area contributed by atoms with Crippen molar-refractivity contribution in [2.45, 2.75) is 32.7 Å². The number of piperidine rings is 1. The summed E-state index contributed by atoms with van der Waals surface area (Å²) in [5.74, 6) is 0.417. The first-order chi connectivity index (χ1) is 12.5. The third-order valence-corrected chi connectivity index (χ3v) is 4.30. The lowest BCUT2D eigenvalue weighted by Crippen LogP contribution is -2.31. The van der Waals surface area contributed by atoms with Gasteiger partial charge < -0.3 is 10.2 Å². The number of hydrogen-bond donors (Lipinski definition) is 1. The second-order valence-corrected chi connectivity index (χ2v) is 6.34. The van der Waals surface area contributed by atoms with Crippen LogP contribution >= 0.6 is 0 Å². The van der Waals surface area contributed by atoms with Crippen LogP contribution in [-0.4, -0.2) is 33.9 Å². The Balaban J connectivity index is 1.65. The highest BCUT2D eigenvalue weighted by Gasteiger charge is 2.15. The summed E-state index contributed by atoms with van der Waals surface area (Å²) in [7, 11) is 0. The fourth-order valence-corrected chi connectivity index (χ4v) is 2.95. The van der Waals surface area contributed by atoms with Gasteiger partial charge in [0.2, 0.25) is 5.95 Å². The lowest BCUT2D eigenvalue weighted by molar-refractivity contribution is -0.384. The van der Waals surface area contributed by atoms with Crippen LogP contribution in [0.5, 0.6) is 0 Å². The first-order valence-corrected chi connectivity index (χ1v) is 8.65. The SMILES string of the molecule is Cc1cc(CNC(=O)c2ccc([N+](=O)[O-])cc2)nc(N2CCCCC2)n1. The van der Waals surface area contributed by atoms with Crippen LogP contribution in [0.15, 0.2) is 30.3 Å². The zero-order valence-corrected chi connectivity index (χ0v) is 14.6. The van der Waals surface area contributed by atoms with Crippen molar-refractivity contribution >= 4 is 17.5 Å². The fourth-order valence-electron chi connectivity index (χ4n) is 2.95. The van der Waals surface area contributed by atoms with Crippen LogP contribution in [0.25, 0.3) is 0 Å². The van der Waals surface area contributed by atoms with Gasteiger partial charge in [-0.25, -0.2) is 9.97 Å². The molecular formula is C18H21N5O3. The normalized spacial score (nSPS) is 14.1. The summed E-state index contributed by atoms with van der Waals surface area (Å²) >= 11 is 0. The van der Waals surface area contributed by atoms with Crippen LogP contribution in [0.2, 0.25) is 0 Å². The minimum Gasteiger partial charge on any atom is -0.346 e. The average Bonchev–Trinajstić information content (AvgIpc) is 2.66. The van der Waals surface area contributed by atoms with Crippen molar-refractivity contribution in [1.82, 2.24) is 15.3 Å². The van der Waals surface area contributed by atoms with E-state index in [-0.39, 0.29) is 18.1 Å².